The summed E-state index contributed by atoms with van der Waals surface area (Å²) in [5.41, 5.74) is 12.8. The van der Waals surface area contributed by atoms with Gasteiger partial charge in [-0.3, -0.25) is 0 Å². The van der Waals surface area contributed by atoms with Gasteiger partial charge in [-0.05, 0) is 64.3 Å². The smallest absolute Gasteiger partial charge is 0.00135 e. The van der Waals surface area contributed by atoms with Crippen molar-refractivity contribution >= 4 is 0 Å². The Bertz CT molecular complexity index is 1190. The molecule has 5 aromatic rings. The Morgan fingerprint density at radius 1 is 0.255 bits per heavy atom. The number of aryl methyl sites for hydroxylation is 1. The monoisotopic (exact) mass is 635 g/mol. The van der Waals surface area contributed by atoms with Crippen LogP contribution < -0.4 is 0 Å². The number of rotatable bonds is 0. The normalized spacial score (nSPS) is 9.00. The van der Waals surface area contributed by atoms with Crippen molar-refractivity contribution in [1.29, 1.82) is 0 Å². The van der Waals surface area contributed by atoms with Gasteiger partial charge in [-0.2, -0.15) is 0 Å². The quantitative estimate of drug-likeness (QED) is 0.156. The highest BCUT2D eigenvalue weighted by Crippen LogP contribution is 2.36. The summed E-state index contributed by atoms with van der Waals surface area (Å²) < 4.78 is 0. The van der Waals surface area contributed by atoms with Crippen molar-refractivity contribution in [1.82, 2.24) is 0 Å². The maximum Gasteiger partial charge on any atom is -0.00135 e. The van der Waals surface area contributed by atoms with Gasteiger partial charge in [0.1, 0.15) is 0 Å². The van der Waals surface area contributed by atoms with Gasteiger partial charge in [0.25, 0.3) is 0 Å². The van der Waals surface area contributed by atoms with E-state index in [-0.39, 0.29) is 0 Å². The Morgan fingerprint density at radius 3 is 0.638 bits per heavy atom. The van der Waals surface area contributed by atoms with Crippen LogP contribution in [0, 0.1) is 6.92 Å². The molecule has 0 aliphatic heterocycles. The molecule has 0 aromatic heterocycles. The van der Waals surface area contributed by atoms with E-state index in [0.29, 0.717) is 0 Å². The third-order valence-electron chi connectivity index (χ3n) is 6.35. The highest BCUT2D eigenvalue weighted by atomic mass is 14.2. The van der Waals surface area contributed by atoms with Crippen LogP contribution in [0.15, 0.2) is 127 Å². The maximum atomic E-state index is 2.22. The minimum Gasteiger partial charge on any atom is -0.0683 e. The summed E-state index contributed by atoms with van der Waals surface area (Å²) in [5.74, 6) is 0. The summed E-state index contributed by atoms with van der Waals surface area (Å²) in [6.45, 7) is 30.1. The van der Waals surface area contributed by atoms with E-state index in [1.807, 2.05) is 115 Å². The van der Waals surface area contributed by atoms with E-state index in [9.17, 15) is 0 Å². The Balaban J connectivity index is -0.000000534. The van der Waals surface area contributed by atoms with Crippen LogP contribution in [-0.2, 0) is 12.8 Å². The highest BCUT2D eigenvalue weighted by molar-refractivity contribution is 5.77. The molecule has 0 heterocycles. The molecule has 0 radical (unpaired) electrons. The first-order valence-corrected chi connectivity index (χ1v) is 18.6. The number of hydrogen-bond donors (Lipinski definition) is 0. The largest absolute Gasteiger partial charge is 0.0683 e. The molecular weight excluding hydrogens is 565 g/mol. The topological polar surface area (TPSA) is 0 Å². The number of fused-ring (bicyclic) bond motifs is 6. The molecule has 0 N–H and O–H groups in total. The summed E-state index contributed by atoms with van der Waals surface area (Å²) in [6.07, 6.45) is 2.21. The molecule has 5 aromatic carbocycles. The molecule has 0 saturated carbocycles. The lowest BCUT2D eigenvalue weighted by Crippen LogP contribution is -1.77. The zero-order chi connectivity index (χ0) is 36.5. The summed E-state index contributed by atoms with van der Waals surface area (Å²) in [5, 5.41) is 0. The zero-order valence-electron chi connectivity index (χ0n) is 33.0. The summed E-state index contributed by atoms with van der Waals surface area (Å²) in [7, 11) is 0. The Kier molecular flexibility index (Phi) is 33.8. The third kappa shape index (κ3) is 16.5. The molecule has 0 amide bonds. The van der Waals surface area contributed by atoms with Crippen molar-refractivity contribution in [2.24, 2.45) is 0 Å². The second-order valence-electron chi connectivity index (χ2n) is 8.64. The van der Waals surface area contributed by atoms with Crippen LogP contribution in [0.3, 0.4) is 0 Å². The van der Waals surface area contributed by atoms with Gasteiger partial charge >= 0.3 is 0 Å². The van der Waals surface area contributed by atoms with Gasteiger partial charge in [0, 0.05) is 0 Å². The Labute approximate surface area is 293 Å². The Hall–Kier alpha value is -3.90. The second kappa shape index (κ2) is 33.5. The van der Waals surface area contributed by atoms with Crippen LogP contribution in [0.25, 0.3) is 22.3 Å². The number of benzene rings is 5. The average molecular weight is 635 g/mol. The molecular formula is C47H70. The number of hydrogen-bond acceptors (Lipinski definition) is 0. The van der Waals surface area contributed by atoms with Crippen molar-refractivity contribution in [2.75, 3.05) is 0 Å². The lowest BCUT2D eigenvalue weighted by molar-refractivity contribution is 1.26. The minimum atomic E-state index is 1.10. The predicted molar refractivity (Wildman–Crippen MR) is 220 cm³/mol. The fraction of sp³-hybridized carbons (Fsp3) is 0.362. The lowest BCUT2D eigenvalue weighted by Gasteiger charge is -1.98. The molecule has 0 heteroatoms. The molecule has 2 aliphatic carbocycles. The molecule has 47 heavy (non-hydrogen) atoms. The first-order chi connectivity index (χ1) is 23.3. The molecule has 2 aliphatic rings. The zero-order valence-corrected chi connectivity index (χ0v) is 33.0. The fourth-order valence-corrected chi connectivity index (χ4v) is 4.69. The van der Waals surface area contributed by atoms with Crippen molar-refractivity contribution < 1.29 is 0 Å². The molecule has 0 saturated heterocycles. The molecule has 0 bridgehead atoms. The van der Waals surface area contributed by atoms with E-state index in [1.165, 1.54) is 50.1 Å². The Morgan fingerprint density at radius 2 is 0.447 bits per heavy atom. The SMILES string of the molecule is CC.CC.CC.CC.CC.CC.CC.Cc1ccccc1.c1ccc2c(c1)Cc1ccccc1-2.c1ccc2c(c1)Cc1ccccc1-2. The molecule has 0 spiro atoms. The minimum absolute atomic E-state index is 1.10. The van der Waals surface area contributed by atoms with Gasteiger partial charge in [0.15, 0.2) is 0 Å². The second-order valence-corrected chi connectivity index (χ2v) is 8.64. The molecule has 0 atom stereocenters. The maximum absolute atomic E-state index is 2.22. The van der Waals surface area contributed by atoms with E-state index in [2.05, 4.69) is 116 Å². The van der Waals surface area contributed by atoms with Gasteiger partial charge in [-0.15, -0.1) is 0 Å². The summed E-state index contributed by atoms with van der Waals surface area (Å²) >= 11 is 0. The van der Waals surface area contributed by atoms with Crippen LogP contribution in [0.4, 0.5) is 0 Å². The van der Waals surface area contributed by atoms with Crippen molar-refractivity contribution in [3.63, 3.8) is 0 Å². The standard InChI is InChI=1S/2C13H10.C7H8.7C2H6/c2*1-3-7-12-10(5-1)9-11-6-2-4-8-13(11)12;1-7-5-3-2-4-6-7;7*1-2/h2*1-8H,9H2;2-6H,1H3;7*1-2H3. The lowest BCUT2D eigenvalue weighted by atomic mass is 10.1. The van der Waals surface area contributed by atoms with Gasteiger partial charge in [0.2, 0.25) is 0 Å². The molecule has 0 unspecified atom stereocenters. The van der Waals surface area contributed by atoms with Gasteiger partial charge in [0.05, 0.1) is 0 Å². The van der Waals surface area contributed by atoms with Crippen molar-refractivity contribution in [2.45, 2.75) is 117 Å². The predicted octanol–water partition coefficient (Wildman–Crippen LogP) is 15.7. The van der Waals surface area contributed by atoms with Crippen molar-refractivity contribution in [3.05, 3.63) is 155 Å². The van der Waals surface area contributed by atoms with Crippen molar-refractivity contribution in [3.8, 4) is 22.3 Å². The first kappa shape index (κ1) is 47.5. The van der Waals surface area contributed by atoms with E-state index in [1.54, 1.807) is 0 Å². The molecule has 0 fully saturated rings. The van der Waals surface area contributed by atoms with Gasteiger partial charge < -0.3 is 0 Å². The van der Waals surface area contributed by atoms with Gasteiger partial charge in [-0.1, -0.05) is 230 Å². The summed E-state index contributed by atoms with van der Waals surface area (Å²) in [4.78, 5) is 0. The third-order valence-corrected chi connectivity index (χ3v) is 6.35. The van der Waals surface area contributed by atoms with Gasteiger partial charge in [-0.25, -0.2) is 0 Å². The highest BCUT2D eigenvalue weighted by Gasteiger charge is 2.16. The molecule has 258 valence electrons. The van der Waals surface area contributed by atoms with Crippen LogP contribution in [-0.4, -0.2) is 0 Å². The molecule has 7 rings (SSSR count). The van der Waals surface area contributed by atoms with Crippen LogP contribution in [0.5, 0.6) is 0 Å². The average Bonchev–Trinajstić information content (AvgIpc) is 3.77. The van der Waals surface area contributed by atoms with E-state index in [0.717, 1.165) is 12.8 Å². The molecule has 0 nitrogen and oxygen atoms in total. The fourth-order valence-electron chi connectivity index (χ4n) is 4.69. The van der Waals surface area contributed by atoms with E-state index in [4.69, 9.17) is 0 Å². The van der Waals surface area contributed by atoms with E-state index < -0.39 is 0 Å². The van der Waals surface area contributed by atoms with Crippen LogP contribution in [0.1, 0.15) is 125 Å². The summed E-state index contributed by atoms with van der Waals surface area (Å²) in [6, 6.07) is 44.9. The van der Waals surface area contributed by atoms with Crippen LogP contribution in [0.2, 0.25) is 0 Å². The van der Waals surface area contributed by atoms with E-state index >= 15 is 0 Å². The van der Waals surface area contributed by atoms with Crippen LogP contribution >= 0.6 is 0 Å². The first-order valence-electron chi connectivity index (χ1n) is 18.6.